The van der Waals surface area contributed by atoms with Crippen LogP contribution in [-0.4, -0.2) is 56.3 Å². The number of morpholine rings is 1. The predicted octanol–water partition coefficient (Wildman–Crippen LogP) is 1.29. The van der Waals surface area contributed by atoms with Crippen molar-refractivity contribution in [3.8, 4) is 5.75 Å². The molecule has 0 saturated carbocycles. The van der Waals surface area contributed by atoms with Crippen molar-refractivity contribution in [2.45, 2.75) is 18.9 Å². The molecule has 2 aliphatic rings. The summed E-state index contributed by atoms with van der Waals surface area (Å²) in [5.41, 5.74) is 0.689. The highest BCUT2D eigenvalue weighted by Gasteiger charge is 2.19. The summed E-state index contributed by atoms with van der Waals surface area (Å²) >= 11 is 0. The van der Waals surface area contributed by atoms with Gasteiger partial charge < -0.3 is 19.7 Å². The van der Waals surface area contributed by atoms with E-state index in [1.165, 1.54) is 6.42 Å². The third-order valence-corrected chi connectivity index (χ3v) is 3.99. The molecule has 114 valence electrons. The second-order valence-corrected chi connectivity index (χ2v) is 5.54. The number of rotatable bonds is 4. The van der Waals surface area contributed by atoms with Gasteiger partial charge in [-0.3, -0.25) is 4.79 Å². The molecular weight excluding hydrogens is 268 g/mol. The topological polar surface area (TPSA) is 50.8 Å². The minimum absolute atomic E-state index is 0.0581. The Morgan fingerprint density at radius 1 is 1.38 bits per heavy atom. The first kappa shape index (κ1) is 14.4. The average Bonchev–Trinajstić information content (AvgIpc) is 3.07. The summed E-state index contributed by atoms with van der Waals surface area (Å²) in [6.07, 6.45) is 2.37. The highest BCUT2D eigenvalue weighted by Crippen LogP contribution is 2.17. The lowest BCUT2D eigenvalue weighted by Crippen LogP contribution is -2.40. The number of hydrogen-bond acceptors (Lipinski definition) is 4. The lowest BCUT2D eigenvalue weighted by Gasteiger charge is -2.27. The lowest BCUT2D eigenvalue weighted by molar-refractivity contribution is 0.0302. The summed E-state index contributed by atoms with van der Waals surface area (Å²) in [4.78, 5) is 14.2. The van der Waals surface area contributed by atoms with Crippen molar-refractivity contribution < 1.29 is 14.3 Å². The number of carbonyl (C=O) groups excluding carboxylic acids is 1. The number of benzene rings is 1. The van der Waals surface area contributed by atoms with Crippen molar-refractivity contribution >= 4 is 5.91 Å². The maximum atomic E-state index is 12.4. The Morgan fingerprint density at radius 3 is 3.00 bits per heavy atom. The van der Waals surface area contributed by atoms with Crippen LogP contribution in [0.25, 0.3) is 0 Å². The maximum Gasteiger partial charge on any atom is 0.254 e. The molecule has 0 aromatic heterocycles. The Hall–Kier alpha value is -1.59. The Balaban J connectivity index is 1.60. The molecule has 1 aromatic rings. The fourth-order valence-corrected chi connectivity index (χ4v) is 2.76. The summed E-state index contributed by atoms with van der Waals surface area (Å²) in [7, 11) is 0. The second kappa shape index (κ2) is 6.91. The standard InChI is InChI=1S/C16H22N2O3/c19-16(18-7-9-20-10-8-18)13-3-1-5-15(11-13)21-12-14-4-2-6-17-14/h1,3,5,11,14,17H,2,4,6-10,12H2. The molecule has 21 heavy (non-hydrogen) atoms. The smallest absolute Gasteiger partial charge is 0.254 e. The van der Waals surface area contributed by atoms with Crippen LogP contribution in [0, 0.1) is 0 Å². The molecule has 0 spiro atoms. The van der Waals surface area contributed by atoms with Crippen LogP contribution in [0.1, 0.15) is 23.2 Å². The molecule has 1 N–H and O–H groups in total. The van der Waals surface area contributed by atoms with Crippen LogP contribution in [0.2, 0.25) is 0 Å². The molecular formula is C16H22N2O3. The number of amides is 1. The first-order chi connectivity index (χ1) is 10.3. The molecule has 2 saturated heterocycles. The van der Waals surface area contributed by atoms with Gasteiger partial charge in [-0.2, -0.15) is 0 Å². The SMILES string of the molecule is O=C(c1cccc(OCC2CCCN2)c1)N1CCOCC1. The molecule has 3 rings (SSSR count). The molecule has 1 unspecified atom stereocenters. The van der Waals surface area contributed by atoms with Crippen molar-refractivity contribution in [1.82, 2.24) is 10.2 Å². The highest BCUT2D eigenvalue weighted by atomic mass is 16.5. The van der Waals surface area contributed by atoms with Gasteiger partial charge in [-0.25, -0.2) is 0 Å². The number of carbonyl (C=O) groups is 1. The van der Waals surface area contributed by atoms with Gasteiger partial charge in [-0.05, 0) is 37.6 Å². The zero-order valence-electron chi connectivity index (χ0n) is 12.2. The van der Waals surface area contributed by atoms with Crippen LogP contribution in [0.5, 0.6) is 5.75 Å². The van der Waals surface area contributed by atoms with E-state index in [-0.39, 0.29) is 5.91 Å². The van der Waals surface area contributed by atoms with Crippen molar-refractivity contribution in [3.05, 3.63) is 29.8 Å². The number of nitrogens with one attached hydrogen (secondary N) is 1. The van der Waals surface area contributed by atoms with Crippen molar-refractivity contribution in [1.29, 1.82) is 0 Å². The van der Waals surface area contributed by atoms with Crippen molar-refractivity contribution in [3.63, 3.8) is 0 Å². The monoisotopic (exact) mass is 290 g/mol. The normalized spacial score (nSPS) is 22.3. The fraction of sp³-hybridized carbons (Fsp3) is 0.562. The van der Waals surface area contributed by atoms with E-state index < -0.39 is 0 Å². The highest BCUT2D eigenvalue weighted by molar-refractivity contribution is 5.94. The van der Waals surface area contributed by atoms with Gasteiger partial charge in [-0.1, -0.05) is 6.07 Å². The lowest BCUT2D eigenvalue weighted by atomic mass is 10.2. The van der Waals surface area contributed by atoms with Gasteiger partial charge in [0, 0.05) is 24.7 Å². The Labute approximate surface area is 125 Å². The predicted molar refractivity (Wildman–Crippen MR) is 79.7 cm³/mol. The van der Waals surface area contributed by atoms with Gasteiger partial charge in [-0.15, -0.1) is 0 Å². The van der Waals surface area contributed by atoms with Crippen LogP contribution in [0.4, 0.5) is 0 Å². The number of ether oxygens (including phenoxy) is 2. The van der Waals surface area contributed by atoms with Crippen molar-refractivity contribution in [2.24, 2.45) is 0 Å². The van der Waals surface area contributed by atoms with E-state index in [9.17, 15) is 4.79 Å². The zero-order valence-corrected chi connectivity index (χ0v) is 12.2. The summed E-state index contributed by atoms with van der Waals surface area (Å²) < 4.78 is 11.1. The molecule has 1 aromatic carbocycles. The van der Waals surface area contributed by atoms with Gasteiger partial charge in [0.1, 0.15) is 12.4 Å². The third kappa shape index (κ3) is 3.74. The fourth-order valence-electron chi connectivity index (χ4n) is 2.76. The first-order valence-electron chi connectivity index (χ1n) is 7.66. The van der Waals surface area contributed by atoms with E-state index in [0.717, 1.165) is 18.7 Å². The van der Waals surface area contributed by atoms with Crippen LogP contribution in [0.15, 0.2) is 24.3 Å². The van der Waals surface area contributed by atoms with Gasteiger partial charge in [0.2, 0.25) is 0 Å². The molecule has 1 amide bonds. The second-order valence-electron chi connectivity index (χ2n) is 5.54. The molecule has 0 radical (unpaired) electrons. The van der Waals surface area contributed by atoms with Gasteiger partial charge in [0.15, 0.2) is 0 Å². The van der Waals surface area contributed by atoms with Crippen LogP contribution in [0.3, 0.4) is 0 Å². The average molecular weight is 290 g/mol. The van der Waals surface area contributed by atoms with Gasteiger partial charge >= 0.3 is 0 Å². The Morgan fingerprint density at radius 2 is 2.24 bits per heavy atom. The third-order valence-electron chi connectivity index (χ3n) is 3.99. The molecule has 5 heteroatoms. The minimum Gasteiger partial charge on any atom is -0.492 e. The Bertz CT molecular complexity index is 480. The van der Waals surface area contributed by atoms with E-state index in [0.29, 0.717) is 44.5 Å². The van der Waals surface area contributed by atoms with E-state index in [1.807, 2.05) is 29.2 Å². The summed E-state index contributed by atoms with van der Waals surface area (Å²) in [5, 5.41) is 3.40. The van der Waals surface area contributed by atoms with Gasteiger partial charge in [0.05, 0.1) is 13.2 Å². The maximum absolute atomic E-state index is 12.4. The van der Waals surface area contributed by atoms with Crippen LogP contribution < -0.4 is 10.1 Å². The largest absolute Gasteiger partial charge is 0.492 e. The number of nitrogens with zero attached hydrogens (tertiary/aromatic N) is 1. The summed E-state index contributed by atoms with van der Waals surface area (Å²) in [6.45, 7) is 4.30. The molecule has 5 nitrogen and oxygen atoms in total. The van der Waals surface area contributed by atoms with E-state index in [1.54, 1.807) is 0 Å². The molecule has 1 atom stereocenters. The van der Waals surface area contributed by atoms with E-state index >= 15 is 0 Å². The molecule has 2 aliphatic heterocycles. The zero-order chi connectivity index (χ0) is 14.5. The van der Waals surface area contributed by atoms with Crippen molar-refractivity contribution in [2.75, 3.05) is 39.5 Å². The molecule has 0 bridgehead atoms. The van der Waals surface area contributed by atoms with E-state index in [4.69, 9.17) is 9.47 Å². The Kier molecular flexibility index (Phi) is 4.72. The molecule has 2 heterocycles. The summed E-state index contributed by atoms with van der Waals surface area (Å²) in [5.74, 6) is 0.825. The first-order valence-corrected chi connectivity index (χ1v) is 7.66. The minimum atomic E-state index is 0.0581. The van der Waals surface area contributed by atoms with Crippen LogP contribution in [-0.2, 0) is 4.74 Å². The molecule has 0 aliphatic carbocycles. The number of hydrogen-bond donors (Lipinski definition) is 1. The van der Waals surface area contributed by atoms with Crippen LogP contribution >= 0.6 is 0 Å². The molecule has 2 fully saturated rings. The quantitative estimate of drug-likeness (QED) is 0.908. The summed E-state index contributed by atoms with van der Waals surface area (Å²) in [6, 6.07) is 7.91. The van der Waals surface area contributed by atoms with Gasteiger partial charge in [0.25, 0.3) is 5.91 Å². The van der Waals surface area contributed by atoms with E-state index in [2.05, 4.69) is 5.32 Å².